The first kappa shape index (κ1) is 16.9. The van der Waals surface area contributed by atoms with Crippen LogP contribution in [0.25, 0.3) is 0 Å². The number of nitrogens with zero attached hydrogens (tertiary/aromatic N) is 1. The minimum absolute atomic E-state index is 0. The first-order valence-electron chi connectivity index (χ1n) is 7.59. The summed E-state index contributed by atoms with van der Waals surface area (Å²) in [5, 5.41) is 0. The molecule has 0 aromatic carbocycles. The van der Waals surface area contributed by atoms with Gasteiger partial charge in [-0.05, 0) is 31.8 Å². The number of hydrogen-bond donors (Lipinski definition) is 0. The molecule has 1 rings (SSSR count). The molecular weight excluding hydrogens is 213 g/mol. The van der Waals surface area contributed by atoms with Gasteiger partial charge in [-0.25, -0.2) is 0 Å². The lowest BCUT2D eigenvalue weighted by atomic mass is 10.1. The second kappa shape index (κ2) is 11.0. The molecule has 1 nitrogen and oxygen atoms in total. The van der Waals surface area contributed by atoms with Crippen LogP contribution in [0.3, 0.4) is 0 Å². The summed E-state index contributed by atoms with van der Waals surface area (Å²) in [6.07, 6.45) is 12.9. The highest BCUT2D eigenvalue weighted by Gasteiger charge is 2.19. The van der Waals surface area contributed by atoms with Gasteiger partial charge in [0.15, 0.2) is 0 Å². The molecule has 0 aromatic heterocycles. The van der Waals surface area contributed by atoms with E-state index in [9.17, 15) is 0 Å². The number of halogens is 1. The molecule has 0 radical (unpaired) electrons. The molecule has 1 aliphatic heterocycles. The molecular formula is C15H32FN. The molecule has 0 saturated carbocycles. The molecule has 1 atom stereocenters. The van der Waals surface area contributed by atoms with Crippen LogP contribution in [0.1, 0.15) is 71.6 Å². The maximum Gasteiger partial charge on any atom is 0.00100 e. The van der Waals surface area contributed by atoms with E-state index in [1.54, 1.807) is 0 Å². The van der Waals surface area contributed by atoms with Crippen molar-refractivity contribution in [1.29, 1.82) is 0 Å². The predicted molar refractivity (Wildman–Crippen MR) is 75.3 cm³/mol. The van der Waals surface area contributed by atoms with Crippen molar-refractivity contribution < 1.29 is 4.70 Å². The standard InChI is InChI=1S/C15H31N.FH/c1-3-5-6-7-8-9-10-12-16-13-11-15(4-2)14-16;/h15H,3-14H2,1-2H3;1H. The van der Waals surface area contributed by atoms with Gasteiger partial charge >= 0.3 is 0 Å². The molecule has 1 aliphatic rings. The molecule has 0 aliphatic carbocycles. The highest BCUT2D eigenvalue weighted by Crippen LogP contribution is 2.19. The summed E-state index contributed by atoms with van der Waals surface area (Å²) in [5.74, 6) is 1.00. The van der Waals surface area contributed by atoms with Gasteiger partial charge in [-0.15, -0.1) is 0 Å². The fourth-order valence-corrected chi connectivity index (χ4v) is 2.74. The topological polar surface area (TPSA) is 3.24 Å². The van der Waals surface area contributed by atoms with Gasteiger partial charge in [-0.2, -0.15) is 0 Å². The zero-order valence-corrected chi connectivity index (χ0v) is 11.9. The molecule has 1 fully saturated rings. The summed E-state index contributed by atoms with van der Waals surface area (Å²) in [6.45, 7) is 8.74. The van der Waals surface area contributed by atoms with Gasteiger partial charge in [0.25, 0.3) is 0 Å². The summed E-state index contributed by atoms with van der Waals surface area (Å²) < 4.78 is 0. The Morgan fingerprint density at radius 1 is 0.941 bits per heavy atom. The van der Waals surface area contributed by atoms with Gasteiger partial charge in [0.05, 0.1) is 0 Å². The Balaban J connectivity index is 0.00000256. The van der Waals surface area contributed by atoms with E-state index in [1.807, 2.05) is 0 Å². The van der Waals surface area contributed by atoms with Crippen molar-refractivity contribution in [2.45, 2.75) is 71.6 Å². The minimum Gasteiger partial charge on any atom is -0.303 e. The Morgan fingerprint density at radius 2 is 1.59 bits per heavy atom. The number of rotatable bonds is 9. The van der Waals surface area contributed by atoms with Crippen LogP contribution in [0.2, 0.25) is 0 Å². The molecule has 2 heteroatoms. The van der Waals surface area contributed by atoms with Crippen LogP contribution >= 0.6 is 0 Å². The summed E-state index contributed by atoms with van der Waals surface area (Å²) in [4.78, 5) is 2.68. The molecule has 0 N–H and O–H groups in total. The fourth-order valence-electron chi connectivity index (χ4n) is 2.74. The first-order valence-corrected chi connectivity index (χ1v) is 7.59. The quantitative estimate of drug-likeness (QED) is 0.536. The fraction of sp³-hybridized carbons (Fsp3) is 1.00. The van der Waals surface area contributed by atoms with E-state index in [0.29, 0.717) is 0 Å². The van der Waals surface area contributed by atoms with Crippen LogP contribution in [-0.4, -0.2) is 24.5 Å². The normalized spacial score (nSPS) is 20.5. The van der Waals surface area contributed by atoms with Gasteiger partial charge in [-0.1, -0.05) is 58.8 Å². The van der Waals surface area contributed by atoms with Crippen LogP contribution in [0.15, 0.2) is 0 Å². The van der Waals surface area contributed by atoms with Crippen molar-refractivity contribution in [3.8, 4) is 0 Å². The third-order valence-corrected chi connectivity index (χ3v) is 4.03. The van der Waals surface area contributed by atoms with Crippen molar-refractivity contribution >= 4 is 0 Å². The van der Waals surface area contributed by atoms with Crippen molar-refractivity contribution in [2.24, 2.45) is 5.92 Å². The monoisotopic (exact) mass is 245 g/mol. The average Bonchev–Trinajstić information content (AvgIpc) is 2.76. The summed E-state index contributed by atoms with van der Waals surface area (Å²) >= 11 is 0. The Kier molecular flexibility index (Phi) is 10.9. The lowest BCUT2D eigenvalue weighted by molar-refractivity contribution is 0.313. The molecule has 1 unspecified atom stereocenters. The van der Waals surface area contributed by atoms with Crippen molar-refractivity contribution in [2.75, 3.05) is 19.6 Å². The lowest BCUT2D eigenvalue weighted by Gasteiger charge is -2.15. The number of likely N-dealkylation sites (tertiary alicyclic amines) is 1. The average molecular weight is 245 g/mol. The third kappa shape index (κ3) is 7.75. The van der Waals surface area contributed by atoms with E-state index in [-0.39, 0.29) is 4.70 Å². The van der Waals surface area contributed by atoms with E-state index in [0.717, 1.165) is 5.92 Å². The summed E-state index contributed by atoms with van der Waals surface area (Å²) in [7, 11) is 0. The molecule has 0 spiro atoms. The van der Waals surface area contributed by atoms with Gasteiger partial charge < -0.3 is 4.90 Å². The summed E-state index contributed by atoms with van der Waals surface area (Å²) in [5.41, 5.74) is 0. The molecule has 0 bridgehead atoms. The first-order chi connectivity index (χ1) is 7.86. The van der Waals surface area contributed by atoms with Crippen LogP contribution in [0.4, 0.5) is 4.70 Å². The highest BCUT2D eigenvalue weighted by atomic mass is 19.0. The second-order valence-electron chi connectivity index (χ2n) is 5.48. The van der Waals surface area contributed by atoms with Gasteiger partial charge in [0.2, 0.25) is 0 Å². The van der Waals surface area contributed by atoms with Crippen molar-refractivity contribution in [3.63, 3.8) is 0 Å². The zero-order chi connectivity index (χ0) is 11.6. The summed E-state index contributed by atoms with van der Waals surface area (Å²) in [6, 6.07) is 0. The molecule has 0 amide bonds. The van der Waals surface area contributed by atoms with E-state index in [2.05, 4.69) is 18.7 Å². The largest absolute Gasteiger partial charge is 0.303 e. The Labute approximate surface area is 107 Å². The number of unbranched alkanes of at least 4 members (excludes halogenated alkanes) is 6. The minimum atomic E-state index is 0. The maximum atomic E-state index is 2.68. The molecule has 1 saturated heterocycles. The van der Waals surface area contributed by atoms with Gasteiger partial charge in [0, 0.05) is 6.54 Å². The van der Waals surface area contributed by atoms with Crippen molar-refractivity contribution in [3.05, 3.63) is 0 Å². The van der Waals surface area contributed by atoms with Gasteiger partial charge in [-0.3, -0.25) is 4.70 Å². The van der Waals surface area contributed by atoms with Crippen LogP contribution in [0, 0.1) is 5.92 Å². The van der Waals surface area contributed by atoms with Crippen LogP contribution in [0.5, 0.6) is 0 Å². The van der Waals surface area contributed by atoms with Gasteiger partial charge in [0.1, 0.15) is 0 Å². The zero-order valence-electron chi connectivity index (χ0n) is 11.9. The second-order valence-corrected chi connectivity index (χ2v) is 5.48. The SMILES string of the molecule is CCCCCCCCCN1CCC(CC)C1.F. The number of hydrogen-bond acceptors (Lipinski definition) is 1. The molecule has 17 heavy (non-hydrogen) atoms. The van der Waals surface area contributed by atoms with E-state index < -0.39 is 0 Å². The molecule has 104 valence electrons. The van der Waals surface area contributed by atoms with Crippen molar-refractivity contribution in [1.82, 2.24) is 4.90 Å². The Bertz CT molecular complexity index is 161. The molecule has 0 aromatic rings. The van der Waals surface area contributed by atoms with Crippen LogP contribution < -0.4 is 0 Å². The Morgan fingerprint density at radius 3 is 2.18 bits per heavy atom. The lowest BCUT2D eigenvalue weighted by Crippen LogP contribution is -2.21. The maximum absolute atomic E-state index is 2.68. The molecule has 1 heterocycles. The van der Waals surface area contributed by atoms with E-state index in [1.165, 1.54) is 77.4 Å². The predicted octanol–water partition coefficient (Wildman–Crippen LogP) is 4.62. The van der Waals surface area contributed by atoms with E-state index in [4.69, 9.17) is 0 Å². The third-order valence-electron chi connectivity index (χ3n) is 4.03. The Hall–Kier alpha value is -0.110. The van der Waals surface area contributed by atoms with E-state index >= 15 is 0 Å². The smallest absolute Gasteiger partial charge is 0.00100 e. The van der Waals surface area contributed by atoms with Crippen LogP contribution in [-0.2, 0) is 0 Å². The highest BCUT2D eigenvalue weighted by molar-refractivity contribution is 4.74.